The molecule has 2 heteroatoms. The van der Waals surface area contributed by atoms with E-state index in [1.807, 2.05) is 13.8 Å². The van der Waals surface area contributed by atoms with Gasteiger partial charge in [0.15, 0.2) is 0 Å². The van der Waals surface area contributed by atoms with Gasteiger partial charge in [-0.05, 0) is 33.1 Å². The van der Waals surface area contributed by atoms with Gasteiger partial charge < -0.3 is 4.74 Å². The molecule has 1 saturated carbocycles. The highest BCUT2D eigenvalue weighted by Crippen LogP contribution is 2.28. The summed E-state index contributed by atoms with van der Waals surface area (Å²) < 4.78 is 5.59. The average Bonchev–Trinajstić information content (AvgIpc) is 2.34. The number of rotatable bonds is 2. The molecule has 1 fully saturated rings. The normalized spacial score (nSPS) is 30.7. The van der Waals surface area contributed by atoms with Crippen LogP contribution in [0, 0.1) is 17.2 Å². The maximum atomic E-state index is 8.72. The van der Waals surface area contributed by atoms with Crippen LogP contribution < -0.4 is 0 Å². The van der Waals surface area contributed by atoms with Gasteiger partial charge in [0, 0.05) is 0 Å². The molecule has 0 bridgehead atoms. The number of ether oxygens (including phenoxy) is 1. The molecule has 0 saturated heterocycles. The lowest BCUT2D eigenvalue weighted by Crippen LogP contribution is -2.20. The SMILES string of the molecule is CC(C)O[C@H]1CCC[C@@H]1C#N. The van der Waals surface area contributed by atoms with Crippen LogP contribution in [0.1, 0.15) is 33.1 Å². The monoisotopic (exact) mass is 153 g/mol. The summed E-state index contributed by atoms with van der Waals surface area (Å²) in [5, 5.41) is 8.72. The van der Waals surface area contributed by atoms with Crippen LogP contribution >= 0.6 is 0 Å². The second kappa shape index (κ2) is 3.73. The van der Waals surface area contributed by atoms with Gasteiger partial charge in [-0.25, -0.2) is 0 Å². The maximum absolute atomic E-state index is 8.72. The van der Waals surface area contributed by atoms with E-state index in [4.69, 9.17) is 10.00 Å². The molecule has 0 radical (unpaired) electrons. The second-order valence-electron chi connectivity index (χ2n) is 3.39. The third-order valence-corrected chi connectivity index (χ3v) is 2.07. The quantitative estimate of drug-likeness (QED) is 0.608. The molecule has 0 heterocycles. The van der Waals surface area contributed by atoms with Crippen molar-refractivity contribution in [2.45, 2.75) is 45.3 Å². The van der Waals surface area contributed by atoms with Gasteiger partial charge in [-0.3, -0.25) is 0 Å². The zero-order valence-corrected chi connectivity index (χ0v) is 7.21. The number of nitrogens with zero attached hydrogens (tertiary/aromatic N) is 1. The predicted molar refractivity (Wildman–Crippen MR) is 43.0 cm³/mol. The molecule has 2 nitrogen and oxygen atoms in total. The molecule has 0 aromatic rings. The van der Waals surface area contributed by atoms with Crippen LogP contribution in [0.5, 0.6) is 0 Å². The maximum Gasteiger partial charge on any atom is 0.0736 e. The summed E-state index contributed by atoms with van der Waals surface area (Å²) in [4.78, 5) is 0. The molecule has 0 aromatic heterocycles. The van der Waals surface area contributed by atoms with Gasteiger partial charge >= 0.3 is 0 Å². The fourth-order valence-electron chi connectivity index (χ4n) is 1.59. The van der Waals surface area contributed by atoms with Gasteiger partial charge in [0.2, 0.25) is 0 Å². The first-order valence-corrected chi connectivity index (χ1v) is 4.29. The van der Waals surface area contributed by atoms with Crippen molar-refractivity contribution in [3.63, 3.8) is 0 Å². The molecule has 0 aliphatic heterocycles. The highest BCUT2D eigenvalue weighted by molar-refractivity contribution is 4.93. The number of hydrogen-bond acceptors (Lipinski definition) is 2. The summed E-state index contributed by atoms with van der Waals surface area (Å²) in [5.41, 5.74) is 0. The first-order valence-electron chi connectivity index (χ1n) is 4.29. The molecule has 1 rings (SSSR count). The van der Waals surface area contributed by atoms with Gasteiger partial charge in [-0.1, -0.05) is 0 Å². The Bertz CT molecular complexity index is 159. The largest absolute Gasteiger partial charge is 0.374 e. The second-order valence-corrected chi connectivity index (χ2v) is 3.39. The first kappa shape index (κ1) is 8.55. The van der Waals surface area contributed by atoms with Crippen molar-refractivity contribution in [2.24, 2.45) is 5.92 Å². The molecule has 0 unspecified atom stereocenters. The average molecular weight is 153 g/mol. The van der Waals surface area contributed by atoms with E-state index in [0.717, 1.165) is 19.3 Å². The van der Waals surface area contributed by atoms with Crippen LogP contribution in [0.15, 0.2) is 0 Å². The lowest BCUT2D eigenvalue weighted by Gasteiger charge is -2.17. The predicted octanol–water partition coefficient (Wildman–Crippen LogP) is 2.10. The molecule has 0 spiro atoms. The Labute approximate surface area is 68.2 Å². The molecule has 0 aromatic carbocycles. The van der Waals surface area contributed by atoms with Crippen molar-refractivity contribution in [1.82, 2.24) is 0 Å². The minimum absolute atomic E-state index is 0.150. The van der Waals surface area contributed by atoms with Crippen molar-refractivity contribution in [3.8, 4) is 6.07 Å². The van der Waals surface area contributed by atoms with Crippen LogP contribution in [0.3, 0.4) is 0 Å². The molecular formula is C9H15NO. The molecular weight excluding hydrogens is 138 g/mol. The Morgan fingerprint density at radius 3 is 2.73 bits per heavy atom. The van der Waals surface area contributed by atoms with E-state index in [0.29, 0.717) is 0 Å². The molecule has 1 aliphatic carbocycles. The zero-order valence-electron chi connectivity index (χ0n) is 7.21. The molecule has 62 valence electrons. The summed E-state index contributed by atoms with van der Waals surface area (Å²) in [6, 6.07) is 2.29. The van der Waals surface area contributed by atoms with Crippen molar-refractivity contribution < 1.29 is 4.74 Å². The fraction of sp³-hybridized carbons (Fsp3) is 0.889. The minimum atomic E-state index is 0.150. The summed E-state index contributed by atoms with van der Waals surface area (Å²) in [6.45, 7) is 4.04. The van der Waals surface area contributed by atoms with Crippen molar-refractivity contribution in [1.29, 1.82) is 5.26 Å². The van der Waals surface area contributed by atoms with Crippen LogP contribution in [-0.2, 0) is 4.74 Å². The van der Waals surface area contributed by atoms with Gasteiger partial charge in [0.1, 0.15) is 0 Å². The lowest BCUT2D eigenvalue weighted by atomic mass is 10.1. The number of hydrogen-bond donors (Lipinski definition) is 0. The van der Waals surface area contributed by atoms with E-state index in [-0.39, 0.29) is 18.1 Å². The van der Waals surface area contributed by atoms with Crippen LogP contribution in [0.2, 0.25) is 0 Å². The van der Waals surface area contributed by atoms with Gasteiger partial charge in [-0.2, -0.15) is 5.26 Å². The van der Waals surface area contributed by atoms with Gasteiger partial charge in [0.25, 0.3) is 0 Å². The van der Waals surface area contributed by atoms with E-state index in [9.17, 15) is 0 Å². The number of nitriles is 1. The fourth-order valence-corrected chi connectivity index (χ4v) is 1.59. The molecule has 2 atom stereocenters. The highest BCUT2D eigenvalue weighted by Gasteiger charge is 2.28. The molecule has 1 aliphatic rings. The summed E-state index contributed by atoms with van der Waals surface area (Å²) >= 11 is 0. The Balaban J connectivity index is 2.39. The Morgan fingerprint density at radius 1 is 1.45 bits per heavy atom. The molecule has 0 N–H and O–H groups in total. The third kappa shape index (κ3) is 2.20. The Morgan fingerprint density at radius 2 is 2.18 bits per heavy atom. The van der Waals surface area contributed by atoms with Crippen LogP contribution in [0.25, 0.3) is 0 Å². The summed E-state index contributed by atoms with van der Waals surface area (Å²) in [5.74, 6) is 0.150. The molecule has 0 amide bonds. The van der Waals surface area contributed by atoms with Crippen LogP contribution in [0.4, 0.5) is 0 Å². The van der Waals surface area contributed by atoms with Crippen molar-refractivity contribution in [3.05, 3.63) is 0 Å². The van der Waals surface area contributed by atoms with E-state index in [1.165, 1.54) is 0 Å². The molecule has 11 heavy (non-hydrogen) atoms. The van der Waals surface area contributed by atoms with Crippen molar-refractivity contribution >= 4 is 0 Å². The van der Waals surface area contributed by atoms with E-state index in [2.05, 4.69) is 6.07 Å². The zero-order chi connectivity index (χ0) is 8.27. The smallest absolute Gasteiger partial charge is 0.0736 e. The standard InChI is InChI=1S/C9H15NO/c1-7(2)11-9-5-3-4-8(9)6-10/h7-9H,3-5H2,1-2H3/t8-,9+/m1/s1. The third-order valence-electron chi connectivity index (χ3n) is 2.07. The van der Waals surface area contributed by atoms with Gasteiger partial charge in [-0.15, -0.1) is 0 Å². The highest BCUT2D eigenvalue weighted by atomic mass is 16.5. The Kier molecular flexibility index (Phi) is 2.90. The lowest BCUT2D eigenvalue weighted by molar-refractivity contribution is -0.00187. The van der Waals surface area contributed by atoms with E-state index in [1.54, 1.807) is 0 Å². The topological polar surface area (TPSA) is 33.0 Å². The van der Waals surface area contributed by atoms with E-state index < -0.39 is 0 Å². The van der Waals surface area contributed by atoms with Crippen molar-refractivity contribution in [2.75, 3.05) is 0 Å². The minimum Gasteiger partial charge on any atom is -0.374 e. The first-order chi connectivity index (χ1) is 5.24. The summed E-state index contributed by atoms with van der Waals surface area (Å²) in [6.07, 6.45) is 3.70. The van der Waals surface area contributed by atoms with Crippen LogP contribution in [-0.4, -0.2) is 12.2 Å². The van der Waals surface area contributed by atoms with E-state index >= 15 is 0 Å². The Hall–Kier alpha value is -0.550. The summed E-state index contributed by atoms with van der Waals surface area (Å²) in [7, 11) is 0. The van der Waals surface area contributed by atoms with Gasteiger partial charge in [0.05, 0.1) is 24.2 Å².